The number of hydrogen-bond acceptors (Lipinski definition) is 4. The van der Waals surface area contributed by atoms with Gasteiger partial charge in [0.05, 0.1) is 5.92 Å². The van der Waals surface area contributed by atoms with E-state index in [0.29, 0.717) is 19.6 Å². The average Bonchev–Trinajstić information content (AvgIpc) is 3.35. The van der Waals surface area contributed by atoms with Crippen LogP contribution in [0.2, 0.25) is 0 Å². The molecule has 0 unspecified atom stereocenters. The van der Waals surface area contributed by atoms with Crippen LogP contribution in [0.25, 0.3) is 0 Å². The van der Waals surface area contributed by atoms with Crippen molar-refractivity contribution >= 4 is 40.9 Å². The van der Waals surface area contributed by atoms with Gasteiger partial charge in [-0.2, -0.15) is 0 Å². The summed E-state index contributed by atoms with van der Waals surface area (Å²) in [6.45, 7) is 3.07. The highest BCUT2D eigenvalue weighted by Gasteiger charge is 2.35. The van der Waals surface area contributed by atoms with Crippen molar-refractivity contribution in [1.29, 1.82) is 0 Å². The Kier molecular flexibility index (Phi) is 5.81. The quantitative estimate of drug-likeness (QED) is 0.751. The van der Waals surface area contributed by atoms with Gasteiger partial charge < -0.3 is 15.1 Å². The van der Waals surface area contributed by atoms with E-state index in [0.717, 1.165) is 28.9 Å². The van der Waals surface area contributed by atoms with Crippen LogP contribution in [0.5, 0.6) is 0 Å². The second-order valence-electron chi connectivity index (χ2n) is 7.70. The maximum Gasteiger partial charge on any atom is 0.227 e. The predicted molar refractivity (Wildman–Crippen MR) is 119 cm³/mol. The summed E-state index contributed by atoms with van der Waals surface area (Å²) >= 11 is 1.68. The SMILES string of the molecule is CSc1ccc(CNC(=O)[C@H]2CC(=O)N(c3ccc4c(c3)CCN4C(C)=O)C2)cc1. The fraction of sp³-hybridized carbons (Fsp3) is 0.348. The van der Waals surface area contributed by atoms with Crippen molar-refractivity contribution in [2.75, 3.05) is 29.1 Å². The molecule has 30 heavy (non-hydrogen) atoms. The first-order valence-electron chi connectivity index (χ1n) is 10.1. The number of carbonyl (C=O) groups is 3. The molecule has 2 aliphatic rings. The van der Waals surface area contributed by atoms with Gasteiger partial charge in [0.1, 0.15) is 0 Å². The molecular formula is C23H25N3O3S. The first-order chi connectivity index (χ1) is 14.5. The zero-order valence-electron chi connectivity index (χ0n) is 17.2. The Labute approximate surface area is 180 Å². The summed E-state index contributed by atoms with van der Waals surface area (Å²) in [5.41, 5.74) is 3.82. The monoisotopic (exact) mass is 423 g/mol. The molecule has 3 amide bonds. The summed E-state index contributed by atoms with van der Waals surface area (Å²) in [4.78, 5) is 41.6. The molecule has 1 atom stereocenters. The molecule has 156 valence electrons. The Morgan fingerprint density at radius 2 is 1.93 bits per heavy atom. The molecule has 2 aromatic rings. The highest BCUT2D eigenvalue weighted by atomic mass is 32.2. The fourth-order valence-electron chi connectivity index (χ4n) is 4.09. The number of fused-ring (bicyclic) bond motifs is 1. The second-order valence-corrected chi connectivity index (χ2v) is 8.58. The van der Waals surface area contributed by atoms with Crippen molar-refractivity contribution in [3.63, 3.8) is 0 Å². The van der Waals surface area contributed by atoms with Crippen LogP contribution >= 0.6 is 11.8 Å². The summed E-state index contributed by atoms with van der Waals surface area (Å²) in [6.07, 6.45) is 3.03. The van der Waals surface area contributed by atoms with Crippen LogP contribution in [-0.2, 0) is 27.3 Å². The standard InChI is InChI=1S/C23H25N3O3S/c1-15(27)25-10-9-17-11-19(5-8-21(17)25)26-14-18(12-22(26)28)23(29)24-13-16-3-6-20(30-2)7-4-16/h3-8,11,18H,9-10,12-14H2,1-2H3,(H,24,29)/t18-/m0/s1. The minimum atomic E-state index is -0.357. The lowest BCUT2D eigenvalue weighted by atomic mass is 10.1. The Morgan fingerprint density at radius 1 is 1.17 bits per heavy atom. The fourth-order valence-corrected chi connectivity index (χ4v) is 4.50. The van der Waals surface area contributed by atoms with E-state index in [-0.39, 0.29) is 30.1 Å². The number of nitrogens with zero attached hydrogens (tertiary/aromatic N) is 2. The van der Waals surface area contributed by atoms with E-state index < -0.39 is 0 Å². The number of rotatable bonds is 5. The average molecular weight is 424 g/mol. The predicted octanol–water partition coefficient (Wildman–Crippen LogP) is 2.99. The molecule has 1 fully saturated rings. The molecule has 0 bridgehead atoms. The molecule has 0 aromatic heterocycles. The molecule has 2 aliphatic heterocycles. The van der Waals surface area contributed by atoms with E-state index in [1.165, 1.54) is 4.90 Å². The number of benzene rings is 2. The van der Waals surface area contributed by atoms with Crippen molar-refractivity contribution in [2.24, 2.45) is 5.92 Å². The van der Waals surface area contributed by atoms with Crippen molar-refractivity contribution in [1.82, 2.24) is 5.32 Å². The molecule has 0 aliphatic carbocycles. The molecule has 0 saturated carbocycles. The third kappa shape index (κ3) is 4.07. The molecule has 1 N–H and O–H groups in total. The van der Waals surface area contributed by atoms with E-state index in [1.807, 2.05) is 48.7 Å². The van der Waals surface area contributed by atoms with Gasteiger partial charge in [-0.15, -0.1) is 11.8 Å². The maximum absolute atomic E-state index is 12.6. The highest BCUT2D eigenvalue weighted by molar-refractivity contribution is 7.98. The van der Waals surface area contributed by atoms with Crippen molar-refractivity contribution in [3.8, 4) is 0 Å². The summed E-state index contributed by atoms with van der Waals surface area (Å²) in [5, 5.41) is 2.96. The van der Waals surface area contributed by atoms with Gasteiger partial charge in [-0.3, -0.25) is 14.4 Å². The molecule has 7 heteroatoms. The Hall–Kier alpha value is -2.80. The lowest BCUT2D eigenvalue weighted by Gasteiger charge is -2.19. The van der Waals surface area contributed by atoms with Crippen LogP contribution in [0, 0.1) is 5.92 Å². The van der Waals surface area contributed by atoms with Gasteiger partial charge in [-0.05, 0) is 54.1 Å². The maximum atomic E-state index is 12.6. The van der Waals surface area contributed by atoms with Crippen molar-refractivity contribution < 1.29 is 14.4 Å². The molecule has 4 rings (SSSR count). The third-order valence-electron chi connectivity index (χ3n) is 5.77. The third-order valence-corrected chi connectivity index (χ3v) is 6.52. The van der Waals surface area contributed by atoms with Gasteiger partial charge in [0.15, 0.2) is 0 Å². The molecule has 2 heterocycles. The van der Waals surface area contributed by atoms with Gasteiger partial charge in [-0.25, -0.2) is 0 Å². The Balaban J connectivity index is 1.39. The number of amides is 3. The topological polar surface area (TPSA) is 69.7 Å². The Bertz CT molecular complexity index is 990. The van der Waals surface area contributed by atoms with E-state index in [1.54, 1.807) is 28.5 Å². The zero-order chi connectivity index (χ0) is 21.3. The lowest BCUT2D eigenvalue weighted by Crippen LogP contribution is -2.32. The largest absolute Gasteiger partial charge is 0.352 e. The van der Waals surface area contributed by atoms with Gasteiger partial charge in [-0.1, -0.05) is 12.1 Å². The minimum Gasteiger partial charge on any atom is -0.352 e. The molecule has 0 spiro atoms. The van der Waals surface area contributed by atoms with Crippen molar-refractivity contribution in [3.05, 3.63) is 53.6 Å². The summed E-state index contributed by atoms with van der Waals surface area (Å²) < 4.78 is 0. The lowest BCUT2D eigenvalue weighted by molar-refractivity contribution is -0.126. The minimum absolute atomic E-state index is 0.0265. The molecule has 1 saturated heterocycles. The van der Waals surface area contributed by atoms with Gasteiger partial charge in [0.2, 0.25) is 17.7 Å². The van der Waals surface area contributed by atoms with Crippen LogP contribution in [0.1, 0.15) is 24.5 Å². The number of hydrogen-bond donors (Lipinski definition) is 1. The summed E-state index contributed by atoms with van der Waals surface area (Å²) in [7, 11) is 0. The smallest absolute Gasteiger partial charge is 0.227 e. The van der Waals surface area contributed by atoms with Crippen molar-refractivity contribution in [2.45, 2.75) is 31.2 Å². The molecule has 2 aromatic carbocycles. The van der Waals surface area contributed by atoms with Gasteiger partial charge in [0.25, 0.3) is 0 Å². The van der Waals surface area contributed by atoms with E-state index in [4.69, 9.17) is 0 Å². The highest BCUT2D eigenvalue weighted by Crippen LogP contribution is 2.34. The zero-order valence-corrected chi connectivity index (χ0v) is 18.0. The summed E-state index contributed by atoms with van der Waals surface area (Å²) in [6, 6.07) is 13.8. The second kappa shape index (κ2) is 8.52. The van der Waals surface area contributed by atoms with Gasteiger partial charge in [0, 0.05) is 49.2 Å². The van der Waals surface area contributed by atoms with E-state index in [9.17, 15) is 14.4 Å². The van der Waals surface area contributed by atoms with E-state index in [2.05, 4.69) is 5.32 Å². The number of carbonyl (C=O) groups excluding carboxylic acids is 3. The van der Waals surface area contributed by atoms with Crippen LogP contribution in [0.15, 0.2) is 47.4 Å². The number of anilines is 2. The van der Waals surface area contributed by atoms with Crippen LogP contribution in [0.3, 0.4) is 0 Å². The van der Waals surface area contributed by atoms with E-state index >= 15 is 0 Å². The van der Waals surface area contributed by atoms with Crippen LogP contribution in [0.4, 0.5) is 11.4 Å². The molecule has 0 radical (unpaired) electrons. The normalized spacial score (nSPS) is 17.9. The first kappa shape index (κ1) is 20.5. The molecule has 6 nitrogen and oxygen atoms in total. The first-order valence-corrected chi connectivity index (χ1v) is 11.3. The summed E-state index contributed by atoms with van der Waals surface area (Å²) in [5.74, 6) is -0.465. The number of thioether (sulfide) groups is 1. The Morgan fingerprint density at radius 3 is 2.63 bits per heavy atom. The molecular weight excluding hydrogens is 398 g/mol. The number of nitrogens with one attached hydrogen (secondary N) is 1. The van der Waals surface area contributed by atoms with Crippen LogP contribution in [-0.4, -0.2) is 37.1 Å². The van der Waals surface area contributed by atoms with Crippen LogP contribution < -0.4 is 15.1 Å². The van der Waals surface area contributed by atoms with Gasteiger partial charge >= 0.3 is 0 Å².